The summed E-state index contributed by atoms with van der Waals surface area (Å²) in [6.07, 6.45) is 0. The fourth-order valence-electron chi connectivity index (χ4n) is 2.60. The van der Waals surface area contributed by atoms with Crippen LogP contribution in [0.1, 0.15) is 19.4 Å². The number of nitrogens with zero attached hydrogens (tertiary/aromatic N) is 3. The second-order valence-corrected chi connectivity index (χ2v) is 5.56. The van der Waals surface area contributed by atoms with Crippen LogP contribution in [0.4, 0.5) is 5.69 Å². The number of rotatable bonds is 6. The number of aromatic nitrogens is 2. The van der Waals surface area contributed by atoms with E-state index in [0.29, 0.717) is 42.1 Å². The molecule has 0 saturated heterocycles. The van der Waals surface area contributed by atoms with E-state index in [2.05, 4.69) is 15.0 Å². The van der Waals surface area contributed by atoms with E-state index in [1.165, 1.54) is 0 Å². The van der Waals surface area contributed by atoms with Gasteiger partial charge < -0.3 is 14.0 Å². The average molecular weight is 349 g/mol. The first kappa shape index (κ1) is 17.5. The normalized spacial score (nSPS) is 10.4. The SMILES string of the molecule is [C-]#[N+]c1ccc(-c2noc(-c3ccc(OCC)c(OCC)c3)n2)c(C)c1. The van der Waals surface area contributed by atoms with Gasteiger partial charge in [-0.15, -0.1) is 0 Å². The third kappa shape index (κ3) is 3.52. The van der Waals surface area contributed by atoms with E-state index in [1.54, 1.807) is 6.07 Å². The van der Waals surface area contributed by atoms with Gasteiger partial charge >= 0.3 is 0 Å². The van der Waals surface area contributed by atoms with Gasteiger partial charge in [0.05, 0.1) is 19.8 Å². The van der Waals surface area contributed by atoms with Gasteiger partial charge in [-0.1, -0.05) is 28.9 Å². The second kappa shape index (κ2) is 7.70. The standard InChI is InChI=1S/C20H19N3O3/c1-5-24-17-10-7-14(12-18(17)25-6-2)20-22-19(23-26-20)16-9-8-15(21-4)11-13(16)3/h7-12H,5-6H2,1-3H3. The van der Waals surface area contributed by atoms with Gasteiger partial charge in [0, 0.05) is 11.1 Å². The molecule has 0 radical (unpaired) electrons. The lowest BCUT2D eigenvalue weighted by Crippen LogP contribution is -1.98. The maximum Gasteiger partial charge on any atom is 0.258 e. The van der Waals surface area contributed by atoms with E-state index in [-0.39, 0.29) is 0 Å². The van der Waals surface area contributed by atoms with Gasteiger partial charge in [-0.2, -0.15) is 4.98 Å². The zero-order valence-electron chi connectivity index (χ0n) is 14.9. The molecule has 26 heavy (non-hydrogen) atoms. The van der Waals surface area contributed by atoms with E-state index in [0.717, 1.165) is 16.7 Å². The van der Waals surface area contributed by atoms with E-state index in [9.17, 15) is 0 Å². The minimum atomic E-state index is 0.401. The summed E-state index contributed by atoms with van der Waals surface area (Å²) in [5, 5.41) is 4.08. The van der Waals surface area contributed by atoms with Crippen LogP contribution in [0.25, 0.3) is 27.7 Å². The van der Waals surface area contributed by atoms with E-state index < -0.39 is 0 Å². The molecule has 0 aliphatic heterocycles. The number of hydrogen-bond acceptors (Lipinski definition) is 5. The molecule has 0 amide bonds. The number of benzene rings is 2. The lowest BCUT2D eigenvalue weighted by Gasteiger charge is -2.11. The fraction of sp³-hybridized carbons (Fsp3) is 0.250. The largest absolute Gasteiger partial charge is 0.490 e. The summed E-state index contributed by atoms with van der Waals surface area (Å²) in [6, 6.07) is 10.9. The molecule has 0 aliphatic carbocycles. The van der Waals surface area contributed by atoms with Crippen molar-refractivity contribution >= 4 is 5.69 Å². The van der Waals surface area contributed by atoms with Crippen LogP contribution >= 0.6 is 0 Å². The molecule has 2 aromatic carbocycles. The third-order valence-corrected chi connectivity index (χ3v) is 3.80. The first-order chi connectivity index (χ1) is 12.7. The molecule has 6 heteroatoms. The Morgan fingerprint density at radius 1 is 1.04 bits per heavy atom. The monoisotopic (exact) mass is 349 g/mol. The van der Waals surface area contributed by atoms with Crippen LogP contribution in [0.3, 0.4) is 0 Å². The second-order valence-electron chi connectivity index (χ2n) is 5.56. The van der Waals surface area contributed by atoms with Gasteiger partial charge in [0.25, 0.3) is 5.89 Å². The number of ether oxygens (including phenoxy) is 2. The maximum absolute atomic E-state index is 7.09. The highest BCUT2D eigenvalue weighted by Crippen LogP contribution is 2.33. The van der Waals surface area contributed by atoms with Gasteiger partial charge in [-0.25, -0.2) is 4.85 Å². The van der Waals surface area contributed by atoms with Gasteiger partial charge in [0.15, 0.2) is 17.2 Å². The van der Waals surface area contributed by atoms with Crippen molar-refractivity contribution in [3.8, 4) is 34.3 Å². The molecular weight excluding hydrogens is 330 g/mol. The highest BCUT2D eigenvalue weighted by Gasteiger charge is 2.15. The Bertz CT molecular complexity index is 957. The first-order valence-electron chi connectivity index (χ1n) is 8.38. The van der Waals surface area contributed by atoms with Crippen LogP contribution < -0.4 is 9.47 Å². The Hall–Kier alpha value is -3.33. The Balaban J connectivity index is 1.95. The zero-order valence-corrected chi connectivity index (χ0v) is 14.9. The van der Waals surface area contributed by atoms with Crippen LogP contribution in [0, 0.1) is 13.5 Å². The van der Waals surface area contributed by atoms with Gasteiger partial charge in [0.1, 0.15) is 0 Å². The van der Waals surface area contributed by atoms with Gasteiger partial charge in [-0.3, -0.25) is 0 Å². The van der Waals surface area contributed by atoms with Crippen LogP contribution in [0.2, 0.25) is 0 Å². The molecule has 0 spiro atoms. The molecule has 1 heterocycles. The number of aryl methyl sites for hydroxylation is 1. The highest BCUT2D eigenvalue weighted by atomic mass is 16.5. The summed E-state index contributed by atoms with van der Waals surface area (Å²) >= 11 is 0. The molecular formula is C20H19N3O3. The van der Waals surface area contributed by atoms with Crippen molar-refractivity contribution in [2.75, 3.05) is 13.2 Å². The topological polar surface area (TPSA) is 61.7 Å². The summed E-state index contributed by atoms with van der Waals surface area (Å²) in [5.41, 5.74) is 3.10. The van der Waals surface area contributed by atoms with Crippen molar-refractivity contribution in [2.24, 2.45) is 0 Å². The van der Waals surface area contributed by atoms with Crippen LogP contribution in [-0.2, 0) is 0 Å². The molecule has 0 saturated carbocycles. The van der Waals surface area contributed by atoms with E-state index >= 15 is 0 Å². The molecule has 132 valence electrons. The summed E-state index contributed by atoms with van der Waals surface area (Å²) in [4.78, 5) is 7.92. The lowest BCUT2D eigenvalue weighted by molar-refractivity contribution is 0.288. The van der Waals surface area contributed by atoms with E-state index in [4.69, 9.17) is 20.6 Å². The van der Waals surface area contributed by atoms with Crippen LogP contribution in [-0.4, -0.2) is 23.4 Å². The van der Waals surface area contributed by atoms with Crippen molar-refractivity contribution in [3.05, 3.63) is 53.4 Å². The zero-order chi connectivity index (χ0) is 18.5. The lowest BCUT2D eigenvalue weighted by atomic mass is 10.1. The molecule has 0 aliphatic rings. The minimum absolute atomic E-state index is 0.401. The molecule has 0 N–H and O–H groups in total. The minimum Gasteiger partial charge on any atom is -0.490 e. The Morgan fingerprint density at radius 3 is 2.50 bits per heavy atom. The Morgan fingerprint density at radius 2 is 1.81 bits per heavy atom. The average Bonchev–Trinajstić information content (AvgIpc) is 3.13. The predicted molar refractivity (Wildman–Crippen MR) is 98.5 cm³/mol. The third-order valence-electron chi connectivity index (χ3n) is 3.80. The first-order valence-corrected chi connectivity index (χ1v) is 8.38. The summed E-state index contributed by atoms with van der Waals surface area (Å²) in [7, 11) is 0. The molecule has 0 unspecified atom stereocenters. The maximum atomic E-state index is 7.09. The number of hydrogen-bond donors (Lipinski definition) is 0. The van der Waals surface area contributed by atoms with E-state index in [1.807, 2.05) is 51.1 Å². The van der Waals surface area contributed by atoms with Crippen LogP contribution in [0.5, 0.6) is 11.5 Å². The summed E-state index contributed by atoms with van der Waals surface area (Å²) in [6.45, 7) is 13.9. The van der Waals surface area contributed by atoms with Crippen molar-refractivity contribution < 1.29 is 14.0 Å². The highest BCUT2D eigenvalue weighted by molar-refractivity contribution is 5.67. The smallest absolute Gasteiger partial charge is 0.258 e. The molecule has 0 atom stereocenters. The summed E-state index contributed by atoms with van der Waals surface area (Å²) in [5.74, 6) is 2.21. The Kier molecular flexibility index (Phi) is 5.18. The predicted octanol–water partition coefficient (Wildman–Crippen LogP) is 5.06. The van der Waals surface area contributed by atoms with Crippen molar-refractivity contribution in [2.45, 2.75) is 20.8 Å². The summed E-state index contributed by atoms with van der Waals surface area (Å²) < 4.78 is 16.7. The van der Waals surface area contributed by atoms with Gasteiger partial charge in [0.2, 0.25) is 5.82 Å². The van der Waals surface area contributed by atoms with Gasteiger partial charge in [-0.05, 0) is 39.0 Å². The molecule has 6 nitrogen and oxygen atoms in total. The molecule has 0 bridgehead atoms. The quantitative estimate of drug-likeness (QED) is 0.582. The molecule has 3 rings (SSSR count). The Labute approximate surface area is 152 Å². The van der Waals surface area contributed by atoms with Crippen molar-refractivity contribution in [1.82, 2.24) is 10.1 Å². The van der Waals surface area contributed by atoms with Crippen molar-refractivity contribution in [1.29, 1.82) is 0 Å². The van der Waals surface area contributed by atoms with Crippen molar-refractivity contribution in [3.63, 3.8) is 0 Å². The molecule has 0 fully saturated rings. The molecule has 3 aromatic rings. The molecule has 1 aromatic heterocycles. The van der Waals surface area contributed by atoms with Crippen LogP contribution in [0.15, 0.2) is 40.9 Å². The fourth-order valence-corrected chi connectivity index (χ4v) is 2.60.